The van der Waals surface area contributed by atoms with Gasteiger partial charge >= 0.3 is 0 Å². The predicted octanol–water partition coefficient (Wildman–Crippen LogP) is 3.14. The van der Waals surface area contributed by atoms with Crippen molar-refractivity contribution in [1.82, 2.24) is 0 Å². The Labute approximate surface area is 157 Å². The molecule has 1 saturated heterocycles. The Hall–Kier alpha value is -3.08. The molecule has 0 aromatic heterocycles. The first kappa shape index (κ1) is 17.3. The maximum absolute atomic E-state index is 13.2. The molecule has 136 valence electrons. The molecule has 1 heterocycles. The average molecular weight is 361 g/mol. The molecule has 0 bridgehead atoms. The molecule has 0 spiro atoms. The SMILES string of the molecule is CC(=O)c1ccc(N2C(=O)[C@H]3CC(=O)CC(c4ccccc4)[C@H]3C2=O)cc1. The molecule has 0 radical (unpaired) electrons. The van der Waals surface area contributed by atoms with Crippen LogP contribution >= 0.6 is 0 Å². The van der Waals surface area contributed by atoms with Gasteiger partial charge in [-0.1, -0.05) is 30.3 Å². The van der Waals surface area contributed by atoms with E-state index in [0.717, 1.165) is 5.56 Å². The Balaban J connectivity index is 1.71. The molecule has 5 nitrogen and oxygen atoms in total. The highest BCUT2D eigenvalue weighted by Crippen LogP contribution is 2.46. The van der Waals surface area contributed by atoms with Crippen LogP contribution in [0.5, 0.6) is 0 Å². The zero-order valence-electron chi connectivity index (χ0n) is 14.9. The van der Waals surface area contributed by atoms with Crippen molar-refractivity contribution in [2.24, 2.45) is 11.8 Å². The number of nitrogens with zero attached hydrogens (tertiary/aromatic N) is 1. The van der Waals surface area contributed by atoms with Crippen LogP contribution in [-0.2, 0) is 14.4 Å². The number of fused-ring (bicyclic) bond motifs is 1. The van der Waals surface area contributed by atoms with Crippen LogP contribution in [0.25, 0.3) is 0 Å². The highest BCUT2D eigenvalue weighted by molar-refractivity contribution is 6.23. The van der Waals surface area contributed by atoms with Crippen LogP contribution in [0.4, 0.5) is 5.69 Å². The molecule has 2 aromatic rings. The van der Waals surface area contributed by atoms with Crippen molar-refractivity contribution in [3.8, 4) is 0 Å². The molecule has 1 aliphatic heterocycles. The van der Waals surface area contributed by atoms with Crippen molar-refractivity contribution >= 4 is 29.1 Å². The molecule has 2 aliphatic rings. The number of hydrogen-bond acceptors (Lipinski definition) is 4. The highest BCUT2D eigenvalue weighted by atomic mass is 16.2. The lowest BCUT2D eigenvalue weighted by Crippen LogP contribution is -2.34. The maximum atomic E-state index is 13.2. The monoisotopic (exact) mass is 361 g/mol. The second-order valence-electron chi connectivity index (χ2n) is 7.21. The fourth-order valence-corrected chi connectivity index (χ4v) is 4.24. The smallest absolute Gasteiger partial charge is 0.238 e. The lowest BCUT2D eigenvalue weighted by Gasteiger charge is -2.29. The van der Waals surface area contributed by atoms with Gasteiger partial charge in [0.15, 0.2) is 5.78 Å². The van der Waals surface area contributed by atoms with Crippen molar-refractivity contribution in [3.63, 3.8) is 0 Å². The maximum Gasteiger partial charge on any atom is 0.238 e. The van der Waals surface area contributed by atoms with E-state index in [1.165, 1.54) is 11.8 Å². The summed E-state index contributed by atoms with van der Waals surface area (Å²) in [7, 11) is 0. The minimum Gasteiger partial charge on any atom is -0.300 e. The Bertz CT molecular complexity index is 933. The lowest BCUT2D eigenvalue weighted by atomic mass is 9.70. The standard InChI is InChI=1S/C22H19NO4/c1-13(24)14-7-9-16(10-8-14)23-21(26)19-12-17(25)11-18(20(19)22(23)27)15-5-3-2-4-6-15/h2-10,18-20H,11-12H2,1H3/t18?,19-,20+/m0/s1. The van der Waals surface area contributed by atoms with Crippen LogP contribution in [0, 0.1) is 11.8 Å². The number of benzene rings is 2. The lowest BCUT2D eigenvalue weighted by molar-refractivity contribution is -0.130. The zero-order valence-corrected chi connectivity index (χ0v) is 14.9. The molecule has 2 amide bonds. The summed E-state index contributed by atoms with van der Waals surface area (Å²) in [4.78, 5) is 51.1. The number of carbonyl (C=O) groups is 4. The van der Waals surface area contributed by atoms with Crippen LogP contribution in [0.2, 0.25) is 0 Å². The van der Waals surface area contributed by atoms with Gasteiger partial charge in [0.2, 0.25) is 11.8 Å². The van der Waals surface area contributed by atoms with Crippen molar-refractivity contribution in [1.29, 1.82) is 0 Å². The average Bonchev–Trinajstić information content (AvgIpc) is 2.92. The van der Waals surface area contributed by atoms with E-state index >= 15 is 0 Å². The van der Waals surface area contributed by atoms with Gasteiger partial charge in [-0.05, 0) is 36.8 Å². The molecule has 1 aliphatic carbocycles. The van der Waals surface area contributed by atoms with E-state index in [0.29, 0.717) is 11.3 Å². The van der Waals surface area contributed by atoms with Gasteiger partial charge in [-0.15, -0.1) is 0 Å². The van der Waals surface area contributed by atoms with Gasteiger partial charge in [-0.3, -0.25) is 24.1 Å². The summed E-state index contributed by atoms with van der Waals surface area (Å²) >= 11 is 0. The molecule has 1 saturated carbocycles. The molecule has 1 unspecified atom stereocenters. The zero-order chi connectivity index (χ0) is 19.1. The van der Waals surface area contributed by atoms with E-state index < -0.39 is 11.8 Å². The van der Waals surface area contributed by atoms with Crippen LogP contribution in [0.3, 0.4) is 0 Å². The third-order valence-corrected chi connectivity index (χ3v) is 5.57. The fraction of sp³-hybridized carbons (Fsp3) is 0.273. The van der Waals surface area contributed by atoms with Crippen LogP contribution < -0.4 is 4.90 Å². The van der Waals surface area contributed by atoms with E-state index in [1.54, 1.807) is 24.3 Å². The minimum atomic E-state index is -0.614. The molecular formula is C22H19NO4. The number of ketones is 2. The van der Waals surface area contributed by atoms with E-state index in [4.69, 9.17) is 0 Å². The summed E-state index contributed by atoms with van der Waals surface area (Å²) < 4.78 is 0. The number of rotatable bonds is 3. The molecule has 3 atom stereocenters. The van der Waals surface area contributed by atoms with Crippen LogP contribution in [0.1, 0.15) is 41.6 Å². The number of carbonyl (C=O) groups excluding carboxylic acids is 4. The summed E-state index contributed by atoms with van der Waals surface area (Å²) in [6.45, 7) is 1.46. The minimum absolute atomic E-state index is 0.0139. The molecular weight excluding hydrogens is 342 g/mol. The molecule has 2 fully saturated rings. The molecule has 5 heteroatoms. The Kier molecular flexibility index (Phi) is 4.22. The summed E-state index contributed by atoms with van der Waals surface area (Å²) in [6.07, 6.45) is 0.391. The van der Waals surface area contributed by atoms with Gasteiger partial charge in [0.1, 0.15) is 5.78 Å². The highest BCUT2D eigenvalue weighted by Gasteiger charge is 2.54. The summed E-state index contributed by atoms with van der Waals surface area (Å²) in [5.74, 6) is -2.07. The Morgan fingerprint density at radius 1 is 0.852 bits per heavy atom. The first-order valence-electron chi connectivity index (χ1n) is 9.03. The summed E-state index contributed by atoms with van der Waals surface area (Å²) in [5, 5.41) is 0. The third-order valence-electron chi connectivity index (χ3n) is 5.57. The summed E-state index contributed by atoms with van der Waals surface area (Å²) in [6, 6.07) is 15.9. The van der Waals surface area contributed by atoms with Gasteiger partial charge in [0.05, 0.1) is 17.5 Å². The van der Waals surface area contributed by atoms with Crippen LogP contribution in [-0.4, -0.2) is 23.4 Å². The number of anilines is 1. The van der Waals surface area contributed by atoms with Gasteiger partial charge in [0.25, 0.3) is 0 Å². The van der Waals surface area contributed by atoms with Crippen molar-refractivity contribution in [2.75, 3.05) is 4.90 Å². The van der Waals surface area contributed by atoms with Crippen molar-refractivity contribution < 1.29 is 19.2 Å². The van der Waals surface area contributed by atoms with Gasteiger partial charge in [-0.25, -0.2) is 0 Å². The van der Waals surface area contributed by atoms with E-state index in [2.05, 4.69) is 0 Å². The molecule has 0 N–H and O–H groups in total. The van der Waals surface area contributed by atoms with E-state index in [1.807, 2.05) is 30.3 Å². The molecule has 27 heavy (non-hydrogen) atoms. The molecule has 4 rings (SSSR count). The van der Waals surface area contributed by atoms with Gasteiger partial charge in [-0.2, -0.15) is 0 Å². The Morgan fingerprint density at radius 2 is 1.48 bits per heavy atom. The normalized spacial score (nSPS) is 24.9. The third kappa shape index (κ3) is 2.89. The Morgan fingerprint density at radius 3 is 2.11 bits per heavy atom. The molecule has 2 aromatic carbocycles. The van der Waals surface area contributed by atoms with Crippen molar-refractivity contribution in [2.45, 2.75) is 25.7 Å². The fourth-order valence-electron chi connectivity index (χ4n) is 4.24. The number of hydrogen-bond donors (Lipinski definition) is 0. The second kappa shape index (κ2) is 6.58. The number of imide groups is 1. The van der Waals surface area contributed by atoms with Crippen LogP contribution in [0.15, 0.2) is 54.6 Å². The van der Waals surface area contributed by atoms with Gasteiger partial charge in [0, 0.05) is 24.3 Å². The number of amides is 2. The van der Waals surface area contributed by atoms with Crippen molar-refractivity contribution in [3.05, 3.63) is 65.7 Å². The predicted molar refractivity (Wildman–Crippen MR) is 99.3 cm³/mol. The van der Waals surface area contributed by atoms with E-state index in [9.17, 15) is 19.2 Å². The first-order chi connectivity index (χ1) is 13.0. The summed E-state index contributed by atoms with van der Waals surface area (Å²) in [5.41, 5.74) is 1.88. The quantitative estimate of drug-likeness (QED) is 0.622. The van der Waals surface area contributed by atoms with Gasteiger partial charge < -0.3 is 0 Å². The van der Waals surface area contributed by atoms with E-state index in [-0.39, 0.29) is 42.1 Å². The largest absolute Gasteiger partial charge is 0.300 e. The first-order valence-corrected chi connectivity index (χ1v) is 9.03. The second-order valence-corrected chi connectivity index (χ2v) is 7.21. The number of Topliss-reactive ketones (excluding diaryl/α,β-unsaturated/α-hetero) is 2. The topological polar surface area (TPSA) is 71.5 Å².